The van der Waals surface area contributed by atoms with Gasteiger partial charge in [-0.3, -0.25) is 0 Å². The second-order valence-electron chi connectivity index (χ2n) is 6.73. The maximum atomic E-state index is 5.57. The highest BCUT2D eigenvalue weighted by atomic mass is 16.5. The Hall–Kier alpha value is -0.120. The zero-order valence-electron chi connectivity index (χ0n) is 13.3. The van der Waals surface area contributed by atoms with Gasteiger partial charge in [0.15, 0.2) is 0 Å². The maximum absolute atomic E-state index is 5.57. The van der Waals surface area contributed by atoms with Crippen LogP contribution < -0.4 is 5.32 Å². The first-order valence-corrected chi connectivity index (χ1v) is 7.80. The lowest BCUT2D eigenvalue weighted by Crippen LogP contribution is -2.35. The quantitative estimate of drug-likeness (QED) is 0.654. The predicted octanol–water partition coefficient (Wildman–Crippen LogP) is 3.09. The van der Waals surface area contributed by atoms with Gasteiger partial charge in [0.2, 0.25) is 0 Å². The highest BCUT2D eigenvalue weighted by Gasteiger charge is 2.33. The van der Waals surface area contributed by atoms with E-state index < -0.39 is 0 Å². The average Bonchev–Trinajstić information content (AvgIpc) is 2.36. The van der Waals surface area contributed by atoms with Crippen LogP contribution in [-0.2, 0) is 9.47 Å². The van der Waals surface area contributed by atoms with Crippen LogP contribution in [0.4, 0.5) is 0 Å². The van der Waals surface area contributed by atoms with Gasteiger partial charge in [0.25, 0.3) is 0 Å². The fraction of sp³-hybridized carbons (Fsp3) is 1.00. The third-order valence-electron chi connectivity index (χ3n) is 4.44. The van der Waals surface area contributed by atoms with E-state index in [4.69, 9.17) is 9.47 Å². The first-order valence-electron chi connectivity index (χ1n) is 7.80. The van der Waals surface area contributed by atoms with E-state index in [1.54, 1.807) is 7.11 Å². The molecule has 0 saturated heterocycles. The van der Waals surface area contributed by atoms with E-state index in [2.05, 4.69) is 26.2 Å². The summed E-state index contributed by atoms with van der Waals surface area (Å²) in [5, 5.41) is 3.37. The summed E-state index contributed by atoms with van der Waals surface area (Å²) >= 11 is 0. The standard InChI is InChI=1S/C16H33NO2/c1-16(2)8-7-15(13-17-3)14(12-16)6-5-9-19-11-10-18-4/h14-15,17H,5-13H2,1-4H3. The lowest BCUT2D eigenvalue weighted by atomic mass is 9.66. The molecule has 2 atom stereocenters. The Kier molecular flexibility index (Phi) is 7.96. The van der Waals surface area contributed by atoms with Crippen molar-refractivity contribution in [3.8, 4) is 0 Å². The molecular weight excluding hydrogens is 238 g/mol. The fourth-order valence-corrected chi connectivity index (χ4v) is 3.35. The van der Waals surface area contributed by atoms with Gasteiger partial charge in [-0.2, -0.15) is 0 Å². The van der Waals surface area contributed by atoms with E-state index in [-0.39, 0.29) is 0 Å². The van der Waals surface area contributed by atoms with E-state index in [0.29, 0.717) is 12.0 Å². The molecule has 114 valence electrons. The topological polar surface area (TPSA) is 30.5 Å². The Morgan fingerprint density at radius 2 is 1.95 bits per heavy atom. The van der Waals surface area contributed by atoms with Crippen LogP contribution in [0, 0.1) is 17.3 Å². The van der Waals surface area contributed by atoms with Crippen molar-refractivity contribution in [1.29, 1.82) is 0 Å². The van der Waals surface area contributed by atoms with Crippen LogP contribution in [0.25, 0.3) is 0 Å². The van der Waals surface area contributed by atoms with Crippen LogP contribution in [0.3, 0.4) is 0 Å². The first kappa shape index (κ1) is 16.9. The van der Waals surface area contributed by atoms with Crippen molar-refractivity contribution in [3.05, 3.63) is 0 Å². The second-order valence-corrected chi connectivity index (χ2v) is 6.73. The molecule has 0 aromatic heterocycles. The summed E-state index contributed by atoms with van der Waals surface area (Å²) in [6.07, 6.45) is 6.62. The summed E-state index contributed by atoms with van der Waals surface area (Å²) in [7, 11) is 3.79. The molecule has 1 fully saturated rings. The number of hydrogen-bond acceptors (Lipinski definition) is 3. The minimum absolute atomic E-state index is 0.534. The van der Waals surface area contributed by atoms with Gasteiger partial charge < -0.3 is 14.8 Å². The molecule has 1 N–H and O–H groups in total. The van der Waals surface area contributed by atoms with E-state index >= 15 is 0 Å². The Morgan fingerprint density at radius 3 is 2.63 bits per heavy atom. The van der Waals surface area contributed by atoms with Crippen LogP contribution in [0.5, 0.6) is 0 Å². The molecule has 3 heteroatoms. The van der Waals surface area contributed by atoms with Crippen molar-refractivity contribution in [2.75, 3.05) is 40.5 Å². The molecule has 3 nitrogen and oxygen atoms in total. The number of nitrogens with one attached hydrogen (secondary N) is 1. The molecule has 0 aromatic carbocycles. The van der Waals surface area contributed by atoms with Gasteiger partial charge in [0, 0.05) is 13.7 Å². The molecule has 0 heterocycles. The largest absolute Gasteiger partial charge is 0.382 e. The molecule has 0 aliphatic heterocycles. The molecule has 0 spiro atoms. The van der Waals surface area contributed by atoms with E-state index in [1.807, 2.05) is 0 Å². The Morgan fingerprint density at radius 1 is 1.16 bits per heavy atom. The van der Waals surface area contributed by atoms with Crippen LogP contribution >= 0.6 is 0 Å². The number of methoxy groups -OCH3 is 1. The normalized spacial score (nSPS) is 26.5. The van der Waals surface area contributed by atoms with Crippen molar-refractivity contribution >= 4 is 0 Å². The zero-order chi connectivity index (χ0) is 14.1. The number of hydrogen-bond donors (Lipinski definition) is 1. The van der Waals surface area contributed by atoms with E-state index in [0.717, 1.165) is 25.0 Å². The predicted molar refractivity (Wildman–Crippen MR) is 80.5 cm³/mol. The monoisotopic (exact) mass is 271 g/mol. The highest BCUT2D eigenvalue weighted by molar-refractivity contribution is 4.85. The Bertz CT molecular complexity index is 231. The summed E-state index contributed by atoms with van der Waals surface area (Å²) < 4.78 is 10.6. The van der Waals surface area contributed by atoms with Gasteiger partial charge in [-0.25, -0.2) is 0 Å². The van der Waals surface area contributed by atoms with E-state index in [1.165, 1.54) is 38.6 Å². The number of rotatable bonds is 9. The number of ether oxygens (including phenoxy) is 2. The molecule has 0 bridgehead atoms. The van der Waals surface area contributed by atoms with Gasteiger partial charge in [-0.15, -0.1) is 0 Å². The summed E-state index contributed by atoms with van der Waals surface area (Å²) in [6.45, 7) is 8.33. The average molecular weight is 271 g/mol. The van der Waals surface area contributed by atoms with Crippen molar-refractivity contribution in [1.82, 2.24) is 5.32 Å². The minimum Gasteiger partial charge on any atom is -0.382 e. The lowest BCUT2D eigenvalue weighted by molar-refractivity contribution is 0.0583. The summed E-state index contributed by atoms with van der Waals surface area (Å²) in [5.41, 5.74) is 0.534. The summed E-state index contributed by atoms with van der Waals surface area (Å²) in [4.78, 5) is 0. The highest BCUT2D eigenvalue weighted by Crippen LogP contribution is 2.43. The van der Waals surface area contributed by atoms with E-state index in [9.17, 15) is 0 Å². The minimum atomic E-state index is 0.534. The van der Waals surface area contributed by atoms with Gasteiger partial charge in [0.05, 0.1) is 13.2 Å². The molecule has 2 unspecified atom stereocenters. The van der Waals surface area contributed by atoms with Crippen molar-refractivity contribution < 1.29 is 9.47 Å². The summed E-state index contributed by atoms with van der Waals surface area (Å²) in [5.74, 6) is 1.72. The van der Waals surface area contributed by atoms with Crippen molar-refractivity contribution in [3.63, 3.8) is 0 Å². The van der Waals surface area contributed by atoms with Crippen LogP contribution in [-0.4, -0.2) is 40.5 Å². The molecule has 1 saturated carbocycles. The molecule has 1 rings (SSSR count). The molecule has 1 aliphatic rings. The second kappa shape index (κ2) is 8.93. The molecule has 19 heavy (non-hydrogen) atoms. The van der Waals surface area contributed by atoms with Crippen molar-refractivity contribution in [2.24, 2.45) is 17.3 Å². The SMILES string of the molecule is CNCC1CCC(C)(C)CC1CCCOCCOC. The molecule has 1 aliphatic carbocycles. The summed E-state index contributed by atoms with van der Waals surface area (Å²) in [6, 6.07) is 0. The van der Waals surface area contributed by atoms with Crippen molar-refractivity contribution in [2.45, 2.75) is 46.0 Å². The third kappa shape index (κ3) is 6.73. The van der Waals surface area contributed by atoms with Gasteiger partial charge >= 0.3 is 0 Å². The molecule has 0 radical (unpaired) electrons. The smallest absolute Gasteiger partial charge is 0.0700 e. The lowest BCUT2D eigenvalue weighted by Gasteiger charge is -2.41. The van der Waals surface area contributed by atoms with Gasteiger partial charge in [0.1, 0.15) is 0 Å². The Labute approximate surface area is 119 Å². The first-order chi connectivity index (χ1) is 9.09. The van der Waals surface area contributed by atoms with Gasteiger partial charge in [-0.05, 0) is 62.9 Å². The maximum Gasteiger partial charge on any atom is 0.0700 e. The Balaban J connectivity index is 2.25. The van der Waals surface area contributed by atoms with Crippen LogP contribution in [0.15, 0.2) is 0 Å². The van der Waals surface area contributed by atoms with Crippen LogP contribution in [0.2, 0.25) is 0 Å². The molecule has 0 aromatic rings. The van der Waals surface area contributed by atoms with Gasteiger partial charge in [-0.1, -0.05) is 13.8 Å². The molecule has 0 amide bonds. The van der Waals surface area contributed by atoms with Crippen LogP contribution in [0.1, 0.15) is 46.0 Å². The fourth-order valence-electron chi connectivity index (χ4n) is 3.35. The third-order valence-corrected chi connectivity index (χ3v) is 4.44. The zero-order valence-corrected chi connectivity index (χ0v) is 13.3. The molecular formula is C16H33NO2.